The molecule has 0 unspecified atom stereocenters. The highest BCUT2D eigenvalue weighted by atomic mass is 32.2. The van der Waals surface area contributed by atoms with Crippen LogP contribution in [0, 0.1) is 6.92 Å². The first-order valence-corrected chi connectivity index (χ1v) is 11.5. The number of rotatable bonds is 9. The number of carbonyl (C=O) groups excluding carboxylic acids is 1. The highest BCUT2D eigenvalue weighted by Crippen LogP contribution is 2.38. The number of hydrogen-bond donors (Lipinski definition) is 2. The molecule has 1 heterocycles. The number of anilines is 2. The van der Waals surface area contributed by atoms with Crippen molar-refractivity contribution < 1.29 is 27.4 Å². The van der Waals surface area contributed by atoms with Gasteiger partial charge in [-0.25, -0.2) is 23.1 Å². The molecule has 2 aromatic carbocycles. The van der Waals surface area contributed by atoms with E-state index in [2.05, 4.69) is 20.0 Å². The molecule has 3 rings (SSSR count). The molecule has 1 aromatic heterocycles. The quantitative estimate of drug-likeness (QED) is 0.443. The van der Waals surface area contributed by atoms with Gasteiger partial charge in [0.05, 0.1) is 26.2 Å². The molecule has 178 valence electrons. The average molecular weight is 485 g/mol. The van der Waals surface area contributed by atoms with E-state index in [1.807, 2.05) is 0 Å². The minimum atomic E-state index is -3.88. The predicted octanol–water partition coefficient (Wildman–Crippen LogP) is 3.26. The largest absolute Gasteiger partial charge is 0.493 e. The number of aryl methyl sites for hydroxylation is 1. The molecule has 0 fully saturated rings. The maximum absolute atomic E-state index is 12.5. The fourth-order valence-electron chi connectivity index (χ4n) is 2.95. The summed E-state index contributed by atoms with van der Waals surface area (Å²) in [4.78, 5) is 20.3. The second-order valence-electron chi connectivity index (χ2n) is 6.93. The van der Waals surface area contributed by atoms with E-state index in [1.165, 1.54) is 57.9 Å². The Morgan fingerprint density at radius 2 is 1.62 bits per heavy atom. The van der Waals surface area contributed by atoms with Gasteiger partial charge in [0.25, 0.3) is 10.0 Å². The SMILES string of the molecule is COc1cc(C=CC(=O)Nc2ccc(S(=O)(=O)Nc3nccc(C)n3)cc2)cc(OC)c1OC. The van der Waals surface area contributed by atoms with E-state index < -0.39 is 15.9 Å². The Labute approximate surface area is 197 Å². The van der Waals surface area contributed by atoms with Gasteiger partial charge in [0.15, 0.2) is 11.5 Å². The van der Waals surface area contributed by atoms with Crippen molar-refractivity contribution >= 4 is 33.6 Å². The van der Waals surface area contributed by atoms with Crippen LogP contribution in [0.3, 0.4) is 0 Å². The van der Waals surface area contributed by atoms with Crippen LogP contribution in [0.15, 0.2) is 59.6 Å². The van der Waals surface area contributed by atoms with Crippen LogP contribution in [0.1, 0.15) is 11.3 Å². The summed E-state index contributed by atoms with van der Waals surface area (Å²) in [6, 6.07) is 10.8. The summed E-state index contributed by atoms with van der Waals surface area (Å²) < 4.78 is 43.3. The van der Waals surface area contributed by atoms with Gasteiger partial charge in [0.2, 0.25) is 17.6 Å². The Morgan fingerprint density at radius 3 is 2.18 bits per heavy atom. The second kappa shape index (κ2) is 10.7. The molecule has 0 aliphatic heterocycles. The Bertz CT molecular complexity index is 1280. The Hall–Kier alpha value is -4.12. The summed E-state index contributed by atoms with van der Waals surface area (Å²) >= 11 is 0. The van der Waals surface area contributed by atoms with E-state index in [4.69, 9.17) is 14.2 Å². The van der Waals surface area contributed by atoms with Gasteiger partial charge in [0.1, 0.15) is 0 Å². The maximum atomic E-state index is 12.5. The number of nitrogens with zero attached hydrogens (tertiary/aromatic N) is 2. The summed E-state index contributed by atoms with van der Waals surface area (Å²) in [5.41, 5.74) is 1.71. The molecule has 34 heavy (non-hydrogen) atoms. The first-order chi connectivity index (χ1) is 16.2. The smallest absolute Gasteiger partial charge is 0.264 e. The molecule has 0 saturated heterocycles. The summed E-state index contributed by atoms with van der Waals surface area (Å²) in [5, 5.41) is 2.67. The van der Waals surface area contributed by atoms with Gasteiger partial charge in [-0.3, -0.25) is 4.79 Å². The standard InChI is InChI=1S/C23H24N4O6S/c1-15-11-12-24-23(25-15)27-34(29,30)18-8-6-17(7-9-18)26-21(28)10-5-16-13-19(31-2)22(33-4)20(14-16)32-3/h5-14H,1-4H3,(H,26,28)(H,24,25,27). The highest BCUT2D eigenvalue weighted by Gasteiger charge is 2.16. The average Bonchev–Trinajstić information content (AvgIpc) is 2.82. The molecular weight excluding hydrogens is 460 g/mol. The third kappa shape index (κ3) is 6.01. The van der Waals surface area contributed by atoms with Crippen molar-refractivity contribution in [2.75, 3.05) is 31.4 Å². The number of carbonyl (C=O) groups is 1. The van der Waals surface area contributed by atoms with Crippen LogP contribution in [0.25, 0.3) is 6.08 Å². The van der Waals surface area contributed by atoms with Crippen LogP contribution in [0.4, 0.5) is 11.6 Å². The number of benzene rings is 2. The molecule has 0 spiro atoms. The molecule has 0 aliphatic carbocycles. The lowest BCUT2D eigenvalue weighted by Gasteiger charge is -2.12. The van der Waals surface area contributed by atoms with E-state index in [1.54, 1.807) is 31.2 Å². The van der Waals surface area contributed by atoms with E-state index in [0.717, 1.165) is 0 Å². The number of amides is 1. The number of aromatic nitrogens is 2. The van der Waals surface area contributed by atoms with Gasteiger partial charge >= 0.3 is 0 Å². The zero-order valence-corrected chi connectivity index (χ0v) is 19.8. The molecular formula is C23H24N4O6S. The van der Waals surface area contributed by atoms with E-state index in [9.17, 15) is 13.2 Å². The summed E-state index contributed by atoms with van der Waals surface area (Å²) in [6.45, 7) is 1.73. The lowest BCUT2D eigenvalue weighted by molar-refractivity contribution is -0.111. The number of hydrogen-bond acceptors (Lipinski definition) is 8. The van der Waals surface area contributed by atoms with Crippen LogP contribution < -0.4 is 24.2 Å². The second-order valence-corrected chi connectivity index (χ2v) is 8.62. The Morgan fingerprint density at radius 1 is 0.971 bits per heavy atom. The fraction of sp³-hybridized carbons (Fsp3) is 0.174. The molecule has 0 atom stereocenters. The summed E-state index contributed by atoms with van der Waals surface area (Å²) in [5.74, 6) is 0.946. The highest BCUT2D eigenvalue weighted by molar-refractivity contribution is 7.92. The first-order valence-electron chi connectivity index (χ1n) is 9.97. The minimum absolute atomic E-state index is 0.00331. The van der Waals surface area contributed by atoms with E-state index in [0.29, 0.717) is 34.2 Å². The van der Waals surface area contributed by atoms with Crippen LogP contribution in [-0.4, -0.2) is 45.6 Å². The van der Waals surface area contributed by atoms with Gasteiger partial charge < -0.3 is 19.5 Å². The minimum Gasteiger partial charge on any atom is -0.493 e. The van der Waals surface area contributed by atoms with Crippen molar-refractivity contribution in [1.29, 1.82) is 0 Å². The van der Waals surface area contributed by atoms with Crippen molar-refractivity contribution in [2.24, 2.45) is 0 Å². The number of nitrogens with one attached hydrogen (secondary N) is 2. The van der Waals surface area contributed by atoms with Gasteiger partial charge in [0, 0.05) is 23.7 Å². The van der Waals surface area contributed by atoms with Crippen LogP contribution in [0.2, 0.25) is 0 Å². The number of methoxy groups -OCH3 is 3. The molecule has 0 radical (unpaired) electrons. The number of sulfonamides is 1. The Kier molecular flexibility index (Phi) is 7.69. The molecule has 0 bridgehead atoms. The van der Waals surface area contributed by atoms with Gasteiger partial charge in [-0.15, -0.1) is 0 Å². The predicted molar refractivity (Wildman–Crippen MR) is 128 cm³/mol. The summed E-state index contributed by atoms with van der Waals surface area (Å²) in [7, 11) is 0.639. The van der Waals surface area contributed by atoms with Crippen LogP contribution >= 0.6 is 0 Å². The van der Waals surface area contributed by atoms with Crippen molar-refractivity contribution in [3.8, 4) is 17.2 Å². The van der Waals surface area contributed by atoms with Gasteiger partial charge in [-0.1, -0.05) is 0 Å². The van der Waals surface area contributed by atoms with Crippen LogP contribution in [0.5, 0.6) is 17.2 Å². The third-order valence-electron chi connectivity index (χ3n) is 4.57. The first kappa shape index (κ1) is 24.5. The third-order valence-corrected chi connectivity index (χ3v) is 5.91. The lowest BCUT2D eigenvalue weighted by atomic mass is 10.1. The molecule has 1 amide bonds. The maximum Gasteiger partial charge on any atom is 0.264 e. The molecule has 10 nitrogen and oxygen atoms in total. The molecule has 11 heteroatoms. The van der Waals surface area contributed by atoms with Gasteiger partial charge in [-0.2, -0.15) is 0 Å². The normalized spacial score (nSPS) is 11.2. The molecule has 0 aliphatic rings. The van der Waals surface area contributed by atoms with E-state index in [-0.39, 0.29) is 10.8 Å². The van der Waals surface area contributed by atoms with Crippen molar-refractivity contribution in [3.63, 3.8) is 0 Å². The molecule has 2 N–H and O–H groups in total. The van der Waals surface area contributed by atoms with Gasteiger partial charge in [-0.05, 0) is 61.0 Å². The van der Waals surface area contributed by atoms with Crippen molar-refractivity contribution in [2.45, 2.75) is 11.8 Å². The number of ether oxygens (including phenoxy) is 3. The molecule has 0 saturated carbocycles. The summed E-state index contributed by atoms with van der Waals surface area (Å²) in [6.07, 6.45) is 4.39. The monoisotopic (exact) mass is 484 g/mol. The van der Waals surface area contributed by atoms with Crippen molar-refractivity contribution in [3.05, 3.63) is 66.0 Å². The van der Waals surface area contributed by atoms with Crippen molar-refractivity contribution in [1.82, 2.24) is 9.97 Å². The zero-order chi connectivity index (χ0) is 24.7. The zero-order valence-electron chi connectivity index (χ0n) is 19.0. The fourth-order valence-corrected chi connectivity index (χ4v) is 3.90. The molecule has 3 aromatic rings. The topological polar surface area (TPSA) is 129 Å². The van der Waals surface area contributed by atoms with Crippen LogP contribution in [-0.2, 0) is 14.8 Å². The Balaban J connectivity index is 1.68. The lowest BCUT2D eigenvalue weighted by Crippen LogP contribution is -2.15. The van der Waals surface area contributed by atoms with E-state index >= 15 is 0 Å².